The van der Waals surface area contributed by atoms with E-state index in [4.69, 9.17) is 0 Å². The molecule has 2 aliphatic rings. The van der Waals surface area contributed by atoms with Gasteiger partial charge in [-0.25, -0.2) is 22.7 Å². The van der Waals surface area contributed by atoms with Crippen molar-refractivity contribution in [3.8, 4) is 0 Å². The van der Waals surface area contributed by atoms with Crippen LogP contribution in [0.5, 0.6) is 0 Å². The molecule has 0 spiro atoms. The van der Waals surface area contributed by atoms with Crippen molar-refractivity contribution >= 4 is 15.9 Å². The Bertz CT molecular complexity index is 1010. The average molecular weight is 443 g/mol. The van der Waals surface area contributed by atoms with Gasteiger partial charge in [-0.1, -0.05) is 30.3 Å². The molecule has 2 fully saturated rings. The normalized spacial score (nSPS) is 18.4. The number of hydrogen-bond donors (Lipinski definition) is 0. The zero-order valence-corrected chi connectivity index (χ0v) is 18.9. The molecule has 1 aromatic carbocycles. The van der Waals surface area contributed by atoms with E-state index in [0.717, 1.165) is 50.0 Å². The fourth-order valence-electron chi connectivity index (χ4n) is 4.48. The fraction of sp³-hybridized carbons (Fsp3) is 0.522. The molecule has 2 aromatic rings. The first-order valence-corrected chi connectivity index (χ1v) is 12.7. The lowest BCUT2D eigenvalue weighted by atomic mass is 9.91. The Morgan fingerprint density at radius 3 is 2.42 bits per heavy atom. The van der Waals surface area contributed by atoms with Crippen molar-refractivity contribution < 1.29 is 13.2 Å². The minimum absolute atomic E-state index is 0.0235. The van der Waals surface area contributed by atoms with Gasteiger partial charge < -0.3 is 4.90 Å². The summed E-state index contributed by atoms with van der Waals surface area (Å²) in [7, 11) is -3.33. The quantitative estimate of drug-likeness (QED) is 0.687. The van der Waals surface area contributed by atoms with E-state index < -0.39 is 10.0 Å². The van der Waals surface area contributed by atoms with Gasteiger partial charge in [0.1, 0.15) is 5.82 Å². The van der Waals surface area contributed by atoms with Gasteiger partial charge in [0.05, 0.1) is 17.0 Å². The maximum atomic E-state index is 12.9. The van der Waals surface area contributed by atoms with E-state index in [0.29, 0.717) is 36.8 Å². The monoisotopic (exact) mass is 442 g/mol. The van der Waals surface area contributed by atoms with Gasteiger partial charge in [0, 0.05) is 32.4 Å². The van der Waals surface area contributed by atoms with Crippen LogP contribution in [0.2, 0.25) is 0 Å². The first kappa shape index (κ1) is 21.9. The minimum Gasteiger partial charge on any atom is -0.339 e. The summed E-state index contributed by atoms with van der Waals surface area (Å²) in [5.74, 6) is 1.03. The number of aromatic nitrogens is 2. The zero-order valence-electron chi connectivity index (χ0n) is 18.0. The second-order valence-corrected chi connectivity index (χ2v) is 10.5. The Morgan fingerprint density at radius 1 is 1.06 bits per heavy atom. The highest BCUT2D eigenvalue weighted by molar-refractivity contribution is 7.88. The largest absolute Gasteiger partial charge is 0.339 e. The molecular formula is C23H30N4O3S. The molecular weight excluding hydrogens is 412 g/mol. The van der Waals surface area contributed by atoms with Crippen LogP contribution >= 0.6 is 0 Å². The summed E-state index contributed by atoms with van der Waals surface area (Å²) in [6, 6.07) is 9.31. The van der Waals surface area contributed by atoms with Crippen molar-refractivity contribution in [1.29, 1.82) is 0 Å². The number of benzene rings is 1. The molecule has 31 heavy (non-hydrogen) atoms. The van der Waals surface area contributed by atoms with E-state index in [2.05, 4.69) is 9.97 Å². The van der Waals surface area contributed by atoms with Crippen molar-refractivity contribution in [2.24, 2.45) is 5.92 Å². The van der Waals surface area contributed by atoms with Gasteiger partial charge in [-0.05, 0) is 50.5 Å². The van der Waals surface area contributed by atoms with Crippen LogP contribution in [0, 0.1) is 12.8 Å². The lowest BCUT2D eigenvalue weighted by Gasteiger charge is -2.31. The van der Waals surface area contributed by atoms with Crippen LogP contribution in [-0.2, 0) is 22.2 Å². The Hall–Kier alpha value is -2.32. The first-order chi connectivity index (χ1) is 14.9. The third-order valence-corrected chi connectivity index (χ3v) is 8.10. The van der Waals surface area contributed by atoms with Crippen LogP contribution in [0.25, 0.3) is 0 Å². The summed E-state index contributed by atoms with van der Waals surface area (Å²) < 4.78 is 27.2. The van der Waals surface area contributed by atoms with Crippen LogP contribution in [-0.4, -0.2) is 59.7 Å². The molecule has 4 rings (SSSR count). The Morgan fingerprint density at radius 2 is 1.74 bits per heavy atom. The molecule has 2 saturated heterocycles. The Kier molecular flexibility index (Phi) is 6.67. The number of carbonyl (C=O) groups excluding carboxylic acids is 1. The molecule has 0 aliphatic carbocycles. The lowest BCUT2D eigenvalue weighted by Crippen LogP contribution is -2.39. The second-order valence-electron chi connectivity index (χ2n) is 8.57. The van der Waals surface area contributed by atoms with Gasteiger partial charge in [0.25, 0.3) is 5.91 Å². The molecule has 8 heteroatoms. The number of rotatable bonds is 6. The number of hydrogen-bond acceptors (Lipinski definition) is 5. The molecule has 0 atom stereocenters. The predicted molar refractivity (Wildman–Crippen MR) is 119 cm³/mol. The SMILES string of the molecule is Cc1ncc(C(=O)N2CCCC2)c(CC2CCN(S(=O)(=O)Cc3ccccc3)CC2)n1. The minimum atomic E-state index is -3.33. The Labute approximate surface area is 184 Å². The van der Waals surface area contributed by atoms with Crippen molar-refractivity contribution in [1.82, 2.24) is 19.2 Å². The van der Waals surface area contributed by atoms with E-state index in [1.807, 2.05) is 42.2 Å². The van der Waals surface area contributed by atoms with E-state index >= 15 is 0 Å². The topological polar surface area (TPSA) is 83.5 Å². The molecule has 0 bridgehead atoms. The van der Waals surface area contributed by atoms with Crippen molar-refractivity contribution in [2.75, 3.05) is 26.2 Å². The van der Waals surface area contributed by atoms with E-state index in [1.165, 1.54) is 0 Å². The molecule has 0 radical (unpaired) electrons. The van der Waals surface area contributed by atoms with Crippen LogP contribution < -0.4 is 0 Å². The number of nitrogens with zero attached hydrogens (tertiary/aromatic N) is 4. The summed E-state index contributed by atoms with van der Waals surface area (Å²) in [4.78, 5) is 23.7. The third kappa shape index (κ3) is 5.30. The number of sulfonamides is 1. The Balaban J connectivity index is 1.40. The van der Waals surface area contributed by atoms with Gasteiger partial charge >= 0.3 is 0 Å². The maximum Gasteiger partial charge on any atom is 0.257 e. The number of aryl methyl sites for hydroxylation is 1. The standard InChI is InChI=1S/C23H30N4O3S/c1-18-24-16-21(23(28)26-11-5-6-12-26)22(25-18)15-19-9-13-27(14-10-19)31(29,30)17-20-7-3-2-4-8-20/h2-4,7-8,16,19H,5-6,9-15,17H2,1H3. The average Bonchev–Trinajstić information content (AvgIpc) is 3.29. The smallest absolute Gasteiger partial charge is 0.257 e. The first-order valence-electron chi connectivity index (χ1n) is 11.1. The maximum absolute atomic E-state index is 12.9. The summed E-state index contributed by atoms with van der Waals surface area (Å²) in [5, 5.41) is 0. The van der Waals surface area contributed by atoms with Crippen LogP contribution in [0.3, 0.4) is 0 Å². The van der Waals surface area contributed by atoms with Crippen molar-refractivity contribution in [3.63, 3.8) is 0 Å². The molecule has 7 nitrogen and oxygen atoms in total. The number of piperidine rings is 1. The molecule has 166 valence electrons. The zero-order chi connectivity index (χ0) is 21.8. The van der Waals surface area contributed by atoms with Crippen LogP contribution in [0.15, 0.2) is 36.5 Å². The second kappa shape index (κ2) is 9.44. The number of amides is 1. The highest BCUT2D eigenvalue weighted by Crippen LogP contribution is 2.26. The van der Waals surface area contributed by atoms with Crippen LogP contribution in [0.4, 0.5) is 0 Å². The van der Waals surface area contributed by atoms with E-state index in [9.17, 15) is 13.2 Å². The molecule has 1 amide bonds. The molecule has 2 aliphatic heterocycles. The van der Waals surface area contributed by atoms with Gasteiger partial charge in [0.15, 0.2) is 0 Å². The van der Waals surface area contributed by atoms with Gasteiger partial charge in [-0.2, -0.15) is 0 Å². The van der Waals surface area contributed by atoms with Crippen molar-refractivity contribution in [2.45, 2.75) is 44.8 Å². The summed E-state index contributed by atoms with van der Waals surface area (Å²) in [6.07, 6.45) is 5.98. The third-order valence-electron chi connectivity index (χ3n) is 6.25. The predicted octanol–water partition coefficient (Wildman–Crippen LogP) is 2.81. The van der Waals surface area contributed by atoms with E-state index in [-0.39, 0.29) is 11.7 Å². The molecule has 1 aromatic heterocycles. The number of likely N-dealkylation sites (tertiary alicyclic amines) is 1. The van der Waals surface area contributed by atoms with Gasteiger partial charge in [-0.3, -0.25) is 4.79 Å². The van der Waals surface area contributed by atoms with Crippen LogP contribution in [0.1, 0.15) is 53.1 Å². The summed E-state index contributed by atoms with van der Waals surface area (Å²) >= 11 is 0. The summed E-state index contributed by atoms with van der Waals surface area (Å²) in [5.41, 5.74) is 2.22. The highest BCUT2D eigenvalue weighted by atomic mass is 32.2. The fourth-order valence-corrected chi connectivity index (χ4v) is 6.05. The lowest BCUT2D eigenvalue weighted by molar-refractivity contribution is 0.0790. The van der Waals surface area contributed by atoms with Gasteiger partial charge in [-0.15, -0.1) is 0 Å². The van der Waals surface area contributed by atoms with Crippen molar-refractivity contribution in [3.05, 3.63) is 59.2 Å². The molecule has 0 saturated carbocycles. The highest BCUT2D eigenvalue weighted by Gasteiger charge is 2.30. The molecule has 0 unspecified atom stereocenters. The van der Waals surface area contributed by atoms with E-state index in [1.54, 1.807) is 10.5 Å². The molecule has 0 N–H and O–H groups in total. The van der Waals surface area contributed by atoms with Gasteiger partial charge in [0.2, 0.25) is 10.0 Å². The summed E-state index contributed by atoms with van der Waals surface area (Å²) in [6.45, 7) is 4.46. The molecule has 3 heterocycles. The number of carbonyl (C=O) groups is 1.